The lowest BCUT2D eigenvalue weighted by molar-refractivity contribution is -0.00979. The van der Waals surface area contributed by atoms with Crippen LogP contribution in [0.15, 0.2) is 10.2 Å². The zero-order valence-corrected chi connectivity index (χ0v) is 12.6. The molecule has 2 fully saturated rings. The van der Waals surface area contributed by atoms with E-state index in [9.17, 15) is 0 Å². The maximum atomic E-state index is 6.06. The Morgan fingerprint density at radius 1 is 0.900 bits per heavy atom. The van der Waals surface area contributed by atoms with Gasteiger partial charge in [-0.25, -0.2) is 0 Å². The summed E-state index contributed by atoms with van der Waals surface area (Å²) in [7, 11) is 0. The average molecular weight is 317 g/mol. The van der Waals surface area contributed by atoms with Crippen LogP contribution in [0.5, 0.6) is 0 Å². The standard InChI is InChI=1S/C12H18Cl2N6/c13-5-9-15-17-11-12-18-16-10(6-14)20(12)8-4-2-1-3-7(8)19(9)11/h7-8,11-12,17-18H,1-6H2. The fraction of sp³-hybridized carbons (Fsp3) is 0.833. The summed E-state index contributed by atoms with van der Waals surface area (Å²) >= 11 is 12.1. The molecule has 0 aromatic rings. The van der Waals surface area contributed by atoms with E-state index in [-0.39, 0.29) is 12.3 Å². The first-order chi connectivity index (χ1) is 9.85. The fourth-order valence-corrected chi connectivity index (χ4v) is 4.42. The number of hydrogen-bond acceptors (Lipinski definition) is 6. The summed E-state index contributed by atoms with van der Waals surface area (Å²) in [6.45, 7) is 0. The lowest BCUT2D eigenvalue weighted by Gasteiger charge is -2.53. The zero-order chi connectivity index (χ0) is 13.7. The Bertz CT molecular complexity index is 425. The first-order valence-corrected chi connectivity index (χ1v) is 8.25. The lowest BCUT2D eigenvalue weighted by atomic mass is 9.85. The van der Waals surface area contributed by atoms with Gasteiger partial charge in [-0.1, -0.05) is 12.8 Å². The van der Waals surface area contributed by atoms with Crippen molar-refractivity contribution in [1.82, 2.24) is 20.7 Å². The third-order valence-electron chi connectivity index (χ3n) is 4.79. The molecule has 3 aliphatic heterocycles. The van der Waals surface area contributed by atoms with Gasteiger partial charge in [0.25, 0.3) is 0 Å². The molecule has 6 nitrogen and oxygen atoms in total. The van der Waals surface area contributed by atoms with Crippen molar-refractivity contribution in [3.63, 3.8) is 0 Å². The van der Waals surface area contributed by atoms with Crippen LogP contribution in [0.3, 0.4) is 0 Å². The van der Waals surface area contributed by atoms with Crippen LogP contribution in [0.25, 0.3) is 0 Å². The molecule has 0 aromatic carbocycles. The second kappa shape index (κ2) is 4.84. The van der Waals surface area contributed by atoms with Gasteiger partial charge in [0, 0.05) is 0 Å². The number of alkyl halides is 2. The minimum atomic E-state index is 0.0903. The summed E-state index contributed by atoms with van der Waals surface area (Å²) in [6, 6.07) is 0.900. The molecule has 20 heavy (non-hydrogen) atoms. The normalized spacial score (nSPS) is 38.3. The molecule has 110 valence electrons. The van der Waals surface area contributed by atoms with Gasteiger partial charge in [-0.2, -0.15) is 10.2 Å². The van der Waals surface area contributed by atoms with Gasteiger partial charge in [0.05, 0.1) is 23.8 Å². The molecule has 2 N–H and O–H groups in total. The van der Waals surface area contributed by atoms with Crippen LogP contribution >= 0.6 is 23.2 Å². The Kier molecular flexibility index (Phi) is 3.11. The highest BCUT2D eigenvalue weighted by atomic mass is 35.5. The zero-order valence-electron chi connectivity index (χ0n) is 11.1. The van der Waals surface area contributed by atoms with E-state index < -0.39 is 0 Å². The van der Waals surface area contributed by atoms with E-state index in [1.807, 2.05) is 0 Å². The van der Waals surface area contributed by atoms with Crippen molar-refractivity contribution in [2.24, 2.45) is 10.2 Å². The highest BCUT2D eigenvalue weighted by molar-refractivity contribution is 6.29. The van der Waals surface area contributed by atoms with Gasteiger partial charge in [-0.15, -0.1) is 23.2 Å². The average Bonchev–Trinajstić information content (AvgIpc) is 3.11. The predicted molar refractivity (Wildman–Crippen MR) is 79.9 cm³/mol. The van der Waals surface area contributed by atoms with Crippen molar-refractivity contribution >= 4 is 34.9 Å². The van der Waals surface area contributed by atoms with E-state index in [1.54, 1.807) is 0 Å². The first kappa shape index (κ1) is 12.8. The van der Waals surface area contributed by atoms with Gasteiger partial charge in [0.2, 0.25) is 0 Å². The van der Waals surface area contributed by atoms with E-state index >= 15 is 0 Å². The summed E-state index contributed by atoms with van der Waals surface area (Å²) < 4.78 is 0. The maximum Gasteiger partial charge on any atom is 0.157 e. The van der Waals surface area contributed by atoms with E-state index in [0.717, 1.165) is 11.7 Å². The van der Waals surface area contributed by atoms with Crippen LogP contribution in [0.1, 0.15) is 25.7 Å². The van der Waals surface area contributed by atoms with Gasteiger partial charge in [-0.05, 0) is 12.8 Å². The second-order valence-electron chi connectivity index (χ2n) is 5.70. The topological polar surface area (TPSA) is 55.3 Å². The molecule has 0 aromatic heterocycles. The fourth-order valence-electron chi connectivity index (χ4n) is 4.02. The third kappa shape index (κ3) is 1.64. The number of nitrogens with one attached hydrogen (secondary N) is 2. The molecule has 0 radical (unpaired) electrons. The molecule has 1 saturated heterocycles. The van der Waals surface area contributed by atoms with E-state index in [0.29, 0.717) is 23.8 Å². The van der Waals surface area contributed by atoms with Crippen LogP contribution in [-0.4, -0.2) is 57.6 Å². The van der Waals surface area contributed by atoms with E-state index in [4.69, 9.17) is 23.2 Å². The monoisotopic (exact) mass is 316 g/mol. The smallest absolute Gasteiger partial charge is 0.157 e. The van der Waals surface area contributed by atoms with Gasteiger partial charge in [0.15, 0.2) is 12.3 Å². The van der Waals surface area contributed by atoms with Gasteiger partial charge >= 0.3 is 0 Å². The number of rotatable bonds is 2. The van der Waals surface area contributed by atoms with Crippen molar-refractivity contribution in [1.29, 1.82) is 0 Å². The molecule has 3 heterocycles. The third-order valence-corrected chi connectivity index (χ3v) is 5.27. The molecular weight excluding hydrogens is 299 g/mol. The summed E-state index contributed by atoms with van der Waals surface area (Å²) in [6.07, 6.45) is 5.06. The Morgan fingerprint density at radius 2 is 1.35 bits per heavy atom. The largest absolute Gasteiger partial charge is 0.328 e. The van der Waals surface area contributed by atoms with Crippen molar-refractivity contribution in [2.75, 3.05) is 11.8 Å². The van der Waals surface area contributed by atoms with Crippen LogP contribution < -0.4 is 10.9 Å². The Balaban J connectivity index is 1.70. The Labute approximate surface area is 128 Å². The molecule has 4 rings (SSSR count). The van der Waals surface area contributed by atoms with Gasteiger partial charge < -0.3 is 9.80 Å². The van der Waals surface area contributed by atoms with Crippen molar-refractivity contribution in [2.45, 2.75) is 50.1 Å². The number of piperazine rings is 1. The first-order valence-electron chi connectivity index (χ1n) is 7.18. The lowest BCUT2D eigenvalue weighted by Crippen LogP contribution is -2.72. The van der Waals surface area contributed by atoms with Crippen molar-refractivity contribution in [3.05, 3.63) is 0 Å². The molecule has 4 atom stereocenters. The van der Waals surface area contributed by atoms with Crippen LogP contribution in [0.4, 0.5) is 0 Å². The van der Waals surface area contributed by atoms with Gasteiger partial charge in [0.1, 0.15) is 11.7 Å². The number of halogens is 2. The van der Waals surface area contributed by atoms with Crippen molar-refractivity contribution in [3.8, 4) is 0 Å². The number of fused-ring (bicyclic) bond motifs is 6. The molecule has 8 heteroatoms. The Hall–Kier alpha value is -0.880. The number of amidine groups is 2. The highest BCUT2D eigenvalue weighted by Gasteiger charge is 2.53. The summed E-state index contributed by atoms with van der Waals surface area (Å²) in [4.78, 5) is 4.75. The molecule has 1 aliphatic carbocycles. The minimum absolute atomic E-state index is 0.0903. The summed E-state index contributed by atoms with van der Waals surface area (Å²) in [5.74, 6) is 2.80. The number of hydrazone groups is 2. The number of hydrogen-bond donors (Lipinski definition) is 2. The van der Waals surface area contributed by atoms with E-state index in [2.05, 4.69) is 30.9 Å². The summed E-state index contributed by atoms with van der Waals surface area (Å²) in [5, 5.41) is 8.82. The molecule has 0 spiro atoms. The predicted octanol–water partition coefficient (Wildman–Crippen LogP) is 0.878. The van der Waals surface area contributed by atoms with Crippen LogP contribution in [0, 0.1) is 0 Å². The summed E-state index contributed by atoms with van der Waals surface area (Å²) in [5.41, 5.74) is 6.44. The molecule has 0 amide bonds. The molecular formula is C12H18Cl2N6. The van der Waals surface area contributed by atoms with E-state index in [1.165, 1.54) is 25.7 Å². The second-order valence-corrected chi connectivity index (χ2v) is 6.24. The van der Waals surface area contributed by atoms with Crippen LogP contribution in [-0.2, 0) is 0 Å². The SMILES string of the molecule is ClCC1=NNC2C3NN=C(CCl)N3C3CCCCC3N12. The molecule has 0 bridgehead atoms. The van der Waals surface area contributed by atoms with Crippen LogP contribution in [0.2, 0.25) is 0 Å². The quantitative estimate of drug-likeness (QED) is 0.743. The van der Waals surface area contributed by atoms with Gasteiger partial charge in [-0.3, -0.25) is 10.9 Å². The minimum Gasteiger partial charge on any atom is -0.328 e. The maximum absolute atomic E-state index is 6.06. The number of nitrogens with zero attached hydrogens (tertiary/aromatic N) is 4. The highest BCUT2D eigenvalue weighted by Crippen LogP contribution is 2.37. The Morgan fingerprint density at radius 3 is 1.75 bits per heavy atom. The van der Waals surface area contributed by atoms with Crippen molar-refractivity contribution < 1.29 is 0 Å². The molecule has 1 saturated carbocycles. The molecule has 4 unspecified atom stereocenters. The molecule has 4 aliphatic rings.